The molecular formula is C11H23NO2. The van der Waals surface area contributed by atoms with Crippen LogP contribution in [0.25, 0.3) is 0 Å². The van der Waals surface area contributed by atoms with Gasteiger partial charge in [0.1, 0.15) is 11.6 Å². The largest absolute Gasteiger partial charge is 0.459 e. The first kappa shape index (κ1) is 13.4. The summed E-state index contributed by atoms with van der Waals surface area (Å²) >= 11 is 0. The maximum atomic E-state index is 11.6. The van der Waals surface area contributed by atoms with E-state index in [1.54, 1.807) is 0 Å². The zero-order chi connectivity index (χ0) is 11.4. The molecule has 84 valence electrons. The fraction of sp³-hybridized carbons (Fsp3) is 0.909. The summed E-state index contributed by atoms with van der Waals surface area (Å²) in [7, 11) is 1.94. The van der Waals surface area contributed by atoms with Crippen molar-refractivity contribution in [3.8, 4) is 0 Å². The van der Waals surface area contributed by atoms with E-state index in [-0.39, 0.29) is 12.0 Å². The molecule has 0 aromatic rings. The quantitative estimate of drug-likeness (QED) is 0.652. The summed E-state index contributed by atoms with van der Waals surface area (Å²) in [5, 5.41) is 0. The molecule has 0 rings (SSSR count). The predicted octanol–water partition coefficient (Wildman–Crippen LogP) is 2.06. The summed E-state index contributed by atoms with van der Waals surface area (Å²) < 4.78 is 5.29. The van der Waals surface area contributed by atoms with E-state index in [0.29, 0.717) is 0 Å². The molecule has 0 aliphatic heterocycles. The molecule has 3 heteroatoms. The first-order valence-corrected chi connectivity index (χ1v) is 5.21. The van der Waals surface area contributed by atoms with E-state index in [4.69, 9.17) is 4.74 Å². The second-order valence-corrected chi connectivity index (χ2v) is 4.69. The highest BCUT2D eigenvalue weighted by Crippen LogP contribution is 2.10. The van der Waals surface area contributed by atoms with Crippen LogP contribution in [0.1, 0.15) is 41.0 Å². The molecule has 0 saturated heterocycles. The van der Waals surface area contributed by atoms with E-state index in [0.717, 1.165) is 13.0 Å². The van der Waals surface area contributed by atoms with Crippen LogP contribution in [0, 0.1) is 0 Å². The number of carbonyl (C=O) groups is 1. The SMILES string of the molecule is CCCN(C)C(C)C(=O)OC(C)(C)C. The number of likely N-dealkylation sites (N-methyl/N-ethyl adjacent to an activating group) is 1. The lowest BCUT2D eigenvalue weighted by Crippen LogP contribution is -2.40. The maximum absolute atomic E-state index is 11.6. The topological polar surface area (TPSA) is 29.5 Å². The van der Waals surface area contributed by atoms with Gasteiger partial charge in [0.15, 0.2) is 0 Å². The number of hydrogen-bond acceptors (Lipinski definition) is 3. The molecule has 1 unspecified atom stereocenters. The first-order chi connectivity index (χ1) is 6.28. The molecule has 14 heavy (non-hydrogen) atoms. The Morgan fingerprint density at radius 3 is 2.29 bits per heavy atom. The molecular weight excluding hydrogens is 178 g/mol. The molecule has 0 radical (unpaired) electrons. The Hall–Kier alpha value is -0.570. The summed E-state index contributed by atoms with van der Waals surface area (Å²) in [4.78, 5) is 13.6. The summed E-state index contributed by atoms with van der Waals surface area (Å²) in [6, 6.07) is -0.158. The lowest BCUT2D eigenvalue weighted by Gasteiger charge is -2.27. The predicted molar refractivity (Wildman–Crippen MR) is 58.2 cm³/mol. The number of carbonyl (C=O) groups excluding carboxylic acids is 1. The zero-order valence-electron chi connectivity index (χ0n) is 10.3. The van der Waals surface area contributed by atoms with Crippen LogP contribution in [0.2, 0.25) is 0 Å². The fourth-order valence-corrected chi connectivity index (χ4v) is 1.11. The second kappa shape index (κ2) is 5.35. The third-order valence-corrected chi connectivity index (χ3v) is 1.99. The van der Waals surface area contributed by atoms with Crippen LogP contribution >= 0.6 is 0 Å². The number of nitrogens with zero attached hydrogens (tertiary/aromatic N) is 1. The van der Waals surface area contributed by atoms with E-state index >= 15 is 0 Å². The van der Waals surface area contributed by atoms with Gasteiger partial charge in [0.05, 0.1) is 0 Å². The van der Waals surface area contributed by atoms with Crippen LogP contribution in [-0.2, 0) is 9.53 Å². The Bertz CT molecular complexity index is 184. The van der Waals surface area contributed by atoms with E-state index in [2.05, 4.69) is 6.92 Å². The summed E-state index contributed by atoms with van der Waals surface area (Å²) in [6.45, 7) is 10.6. The minimum Gasteiger partial charge on any atom is -0.459 e. The van der Waals surface area contributed by atoms with Crippen LogP contribution in [0.3, 0.4) is 0 Å². The van der Waals surface area contributed by atoms with Gasteiger partial charge in [-0.3, -0.25) is 9.69 Å². The Morgan fingerprint density at radius 1 is 1.43 bits per heavy atom. The van der Waals surface area contributed by atoms with Gasteiger partial charge in [0.25, 0.3) is 0 Å². The van der Waals surface area contributed by atoms with Gasteiger partial charge in [-0.05, 0) is 47.7 Å². The van der Waals surface area contributed by atoms with Crippen molar-refractivity contribution in [2.75, 3.05) is 13.6 Å². The minimum atomic E-state index is -0.390. The van der Waals surface area contributed by atoms with Crippen LogP contribution in [0.5, 0.6) is 0 Å². The smallest absolute Gasteiger partial charge is 0.323 e. The molecule has 0 amide bonds. The van der Waals surface area contributed by atoms with Crippen LogP contribution in [0.15, 0.2) is 0 Å². The maximum Gasteiger partial charge on any atom is 0.323 e. The number of ether oxygens (including phenoxy) is 1. The molecule has 0 heterocycles. The highest BCUT2D eigenvalue weighted by molar-refractivity contribution is 5.75. The third-order valence-electron chi connectivity index (χ3n) is 1.99. The van der Waals surface area contributed by atoms with E-state index in [1.807, 2.05) is 39.6 Å². The van der Waals surface area contributed by atoms with Gasteiger partial charge in [-0.1, -0.05) is 6.92 Å². The number of hydrogen-bond donors (Lipinski definition) is 0. The number of rotatable bonds is 4. The van der Waals surface area contributed by atoms with Gasteiger partial charge in [0.2, 0.25) is 0 Å². The van der Waals surface area contributed by atoms with E-state index in [9.17, 15) is 4.79 Å². The normalized spacial score (nSPS) is 14.2. The molecule has 1 atom stereocenters. The van der Waals surface area contributed by atoms with Crippen molar-refractivity contribution in [3.05, 3.63) is 0 Å². The monoisotopic (exact) mass is 201 g/mol. The molecule has 0 aliphatic carbocycles. The molecule has 3 nitrogen and oxygen atoms in total. The van der Waals surface area contributed by atoms with Crippen molar-refractivity contribution >= 4 is 5.97 Å². The second-order valence-electron chi connectivity index (χ2n) is 4.69. The molecule has 0 aromatic carbocycles. The summed E-state index contributed by atoms with van der Waals surface area (Å²) in [5.41, 5.74) is -0.390. The lowest BCUT2D eigenvalue weighted by molar-refractivity contribution is -0.160. The van der Waals surface area contributed by atoms with Crippen molar-refractivity contribution in [1.82, 2.24) is 4.90 Å². The van der Waals surface area contributed by atoms with Gasteiger partial charge in [0, 0.05) is 0 Å². The van der Waals surface area contributed by atoms with Crippen molar-refractivity contribution in [1.29, 1.82) is 0 Å². The molecule has 0 N–H and O–H groups in total. The average Bonchev–Trinajstić information content (AvgIpc) is 2.00. The summed E-state index contributed by atoms with van der Waals surface area (Å²) in [5.74, 6) is -0.145. The highest BCUT2D eigenvalue weighted by Gasteiger charge is 2.23. The molecule has 0 saturated carbocycles. The molecule has 0 bridgehead atoms. The van der Waals surface area contributed by atoms with Crippen molar-refractivity contribution in [2.45, 2.75) is 52.7 Å². The van der Waals surface area contributed by atoms with Crippen LogP contribution in [0.4, 0.5) is 0 Å². The molecule has 0 fully saturated rings. The van der Waals surface area contributed by atoms with Crippen molar-refractivity contribution < 1.29 is 9.53 Å². The first-order valence-electron chi connectivity index (χ1n) is 5.21. The lowest BCUT2D eigenvalue weighted by atomic mass is 10.2. The molecule has 0 spiro atoms. The van der Waals surface area contributed by atoms with E-state index in [1.165, 1.54) is 0 Å². The van der Waals surface area contributed by atoms with Gasteiger partial charge in [-0.2, -0.15) is 0 Å². The molecule has 0 aromatic heterocycles. The summed E-state index contributed by atoms with van der Waals surface area (Å²) in [6.07, 6.45) is 1.05. The Balaban J connectivity index is 4.12. The van der Waals surface area contributed by atoms with Crippen molar-refractivity contribution in [2.24, 2.45) is 0 Å². The molecule has 0 aliphatic rings. The van der Waals surface area contributed by atoms with E-state index < -0.39 is 5.60 Å². The van der Waals surface area contributed by atoms with Gasteiger partial charge >= 0.3 is 5.97 Å². The third kappa shape index (κ3) is 5.22. The van der Waals surface area contributed by atoms with Gasteiger partial charge in [-0.25, -0.2) is 0 Å². The highest BCUT2D eigenvalue weighted by atomic mass is 16.6. The average molecular weight is 201 g/mol. The standard InChI is InChI=1S/C11H23NO2/c1-7-8-12(6)9(2)10(13)14-11(3,4)5/h9H,7-8H2,1-6H3. The van der Waals surface area contributed by atoms with Crippen LogP contribution in [-0.4, -0.2) is 36.1 Å². The Kier molecular flexibility index (Phi) is 5.13. The van der Waals surface area contributed by atoms with Gasteiger partial charge < -0.3 is 4.74 Å². The van der Waals surface area contributed by atoms with Crippen molar-refractivity contribution in [3.63, 3.8) is 0 Å². The fourth-order valence-electron chi connectivity index (χ4n) is 1.11. The minimum absolute atomic E-state index is 0.145. The zero-order valence-corrected chi connectivity index (χ0v) is 10.3. The Labute approximate surface area is 87.4 Å². The Morgan fingerprint density at radius 2 is 1.93 bits per heavy atom. The van der Waals surface area contributed by atoms with Gasteiger partial charge in [-0.15, -0.1) is 0 Å². The number of esters is 1. The van der Waals surface area contributed by atoms with Crippen LogP contribution < -0.4 is 0 Å².